The smallest absolute Gasteiger partial charge is 0.180 e. The molecule has 0 fully saturated rings. The van der Waals surface area contributed by atoms with Crippen molar-refractivity contribution in [1.82, 2.24) is 14.5 Å². The first kappa shape index (κ1) is 32.7. The predicted octanol–water partition coefficient (Wildman–Crippen LogP) is 14.2. The fourth-order valence-corrected chi connectivity index (χ4v) is 8.34. The number of fused-ring (bicyclic) bond motifs is 7. The van der Waals surface area contributed by atoms with E-state index in [0.29, 0.717) is 11.4 Å². The highest BCUT2D eigenvalue weighted by Gasteiger charge is 2.21. The molecule has 0 saturated carbocycles. The molecule has 57 heavy (non-hydrogen) atoms. The molecule has 0 radical (unpaired) electrons. The molecule has 0 spiro atoms. The molecule has 0 aliphatic heterocycles. The Labute approximate surface area is 328 Å². The normalized spacial score (nSPS) is 11.6. The summed E-state index contributed by atoms with van der Waals surface area (Å²) < 4.78 is 15.1. The molecule has 11 aromatic rings. The standard InChI is InChI=1S/C52H33N3O2/c1-3-38-41-30-35(26-28-44(41)55(43(38)4-2)37-16-9-6-10-17-37)36-27-29-46-42(31-36)50-51(57-46)49(53-52(54-50)34-14-7-5-8-15-34)33-24-22-32(23-25-33)39-19-13-21-47-48(39)40-18-11-12-20-45(40)56-47/h3-31H,1-2H2. The molecule has 4 heterocycles. The van der Waals surface area contributed by atoms with Crippen molar-refractivity contribution in [2.75, 3.05) is 0 Å². The number of para-hydroxylation sites is 2. The van der Waals surface area contributed by atoms with Crippen molar-refractivity contribution in [2.45, 2.75) is 0 Å². The van der Waals surface area contributed by atoms with Gasteiger partial charge in [0.15, 0.2) is 11.4 Å². The van der Waals surface area contributed by atoms with Crippen LogP contribution in [0.15, 0.2) is 186 Å². The summed E-state index contributed by atoms with van der Waals surface area (Å²) in [5.41, 5.74) is 15.1. The summed E-state index contributed by atoms with van der Waals surface area (Å²) in [4.78, 5) is 10.3. The van der Waals surface area contributed by atoms with Gasteiger partial charge in [0.1, 0.15) is 28.0 Å². The second-order valence-corrected chi connectivity index (χ2v) is 14.2. The maximum atomic E-state index is 6.65. The zero-order chi connectivity index (χ0) is 38.0. The van der Waals surface area contributed by atoms with Crippen molar-refractivity contribution >= 4 is 67.1 Å². The number of furan rings is 2. The molecule has 5 heteroatoms. The molecule has 7 aromatic carbocycles. The lowest BCUT2D eigenvalue weighted by molar-refractivity contribution is 0.667. The second-order valence-electron chi connectivity index (χ2n) is 14.2. The minimum Gasteiger partial charge on any atom is -0.456 e. The maximum Gasteiger partial charge on any atom is 0.180 e. The van der Waals surface area contributed by atoms with Gasteiger partial charge in [0.05, 0.1) is 11.2 Å². The van der Waals surface area contributed by atoms with E-state index in [0.717, 1.165) is 105 Å². The third kappa shape index (κ3) is 5.17. The maximum absolute atomic E-state index is 6.65. The highest BCUT2D eigenvalue weighted by molar-refractivity contribution is 6.13. The summed E-state index contributed by atoms with van der Waals surface area (Å²) in [6.07, 6.45) is 3.83. The van der Waals surface area contributed by atoms with Crippen molar-refractivity contribution < 1.29 is 8.83 Å². The lowest BCUT2D eigenvalue weighted by Crippen LogP contribution is -1.96. The van der Waals surface area contributed by atoms with Crippen LogP contribution in [0.3, 0.4) is 0 Å². The van der Waals surface area contributed by atoms with E-state index in [-0.39, 0.29) is 0 Å². The molecule has 0 N–H and O–H groups in total. The van der Waals surface area contributed by atoms with Crippen LogP contribution in [0.2, 0.25) is 0 Å². The number of aromatic nitrogens is 3. The molecule has 5 nitrogen and oxygen atoms in total. The van der Waals surface area contributed by atoms with Crippen LogP contribution < -0.4 is 0 Å². The first-order valence-electron chi connectivity index (χ1n) is 19.0. The van der Waals surface area contributed by atoms with Gasteiger partial charge in [0.2, 0.25) is 0 Å². The number of rotatable bonds is 7. The monoisotopic (exact) mass is 731 g/mol. The largest absolute Gasteiger partial charge is 0.456 e. The van der Waals surface area contributed by atoms with Gasteiger partial charge in [-0.2, -0.15) is 0 Å². The van der Waals surface area contributed by atoms with Gasteiger partial charge in [-0.1, -0.05) is 134 Å². The van der Waals surface area contributed by atoms with E-state index in [1.165, 1.54) is 0 Å². The van der Waals surface area contributed by atoms with Crippen LogP contribution in [-0.4, -0.2) is 14.5 Å². The van der Waals surface area contributed by atoms with E-state index < -0.39 is 0 Å². The third-order valence-corrected chi connectivity index (χ3v) is 11.0. The van der Waals surface area contributed by atoms with E-state index in [2.05, 4.69) is 115 Å². The first-order chi connectivity index (χ1) is 28.2. The van der Waals surface area contributed by atoms with Crippen LogP contribution in [0.4, 0.5) is 0 Å². The lowest BCUT2D eigenvalue weighted by atomic mass is 9.97. The van der Waals surface area contributed by atoms with Gasteiger partial charge in [-0.15, -0.1) is 0 Å². The highest BCUT2D eigenvalue weighted by atomic mass is 16.3. The molecule has 11 rings (SSSR count). The van der Waals surface area contributed by atoms with E-state index >= 15 is 0 Å². The average Bonchev–Trinajstić information content (AvgIpc) is 3.95. The highest BCUT2D eigenvalue weighted by Crippen LogP contribution is 2.41. The Hall–Kier alpha value is -7.76. The number of hydrogen-bond acceptors (Lipinski definition) is 4. The summed E-state index contributed by atoms with van der Waals surface area (Å²) >= 11 is 0. The van der Waals surface area contributed by atoms with Crippen LogP contribution >= 0.6 is 0 Å². The van der Waals surface area contributed by atoms with Crippen LogP contribution in [0, 0.1) is 0 Å². The summed E-state index contributed by atoms with van der Waals surface area (Å²) in [6.45, 7) is 8.34. The molecule has 0 atom stereocenters. The molecule has 0 aliphatic rings. The summed E-state index contributed by atoms with van der Waals surface area (Å²) in [5.74, 6) is 0.640. The molecule has 0 bridgehead atoms. The Morgan fingerprint density at radius 1 is 0.491 bits per heavy atom. The number of hydrogen-bond donors (Lipinski definition) is 0. The molecule has 268 valence electrons. The molecule has 0 amide bonds. The molecular formula is C52H33N3O2. The number of benzene rings is 7. The Morgan fingerprint density at radius 2 is 1.16 bits per heavy atom. The van der Waals surface area contributed by atoms with Crippen LogP contribution in [0.5, 0.6) is 0 Å². The Bertz CT molecular complexity index is 3370. The SMILES string of the molecule is C=Cc1c(C=C)n(-c2ccccc2)c2ccc(-c3ccc4oc5c(-c6ccc(-c7cccc8oc9ccccc9c78)cc6)nc(-c6ccccc6)nc5c4c3)cc12. The van der Waals surface area contributed by atoms with Gasteiger partial charge in [0.25, 0.3) is 0 Å². The van der Waals surface area contributed by atoms with Crippen molar-refractivity contribution in [3.63, 3.8) is 0 Å². The van der Waals surface area contributed by atoms with Crippen LogP contribution in [-0.2, 0) is 0 Å². The summed E-state index contributed by atoms with van der Waals surface area (Å²) in [5, 5.41) is 4.25. The van der Waals surface area contributed by atoms with Gasteiger partial charge in [-0.25, -0.2) is 9.97 Å². The minimum absolute atomic E-state index is 0.640. The van der Waals surface area contributed by atoms with Gasteiger partial charge in [0, 0.05) is 43.9 Å². The summed E-state index contributed by atoms with van der Waals surface area (Å²) in [7, 11) is 0. The van der Waals surface area contributed by atoms with E-state index in [9.17, 15) is 0 Å². The third-order valence-electron chi connectivity index (χ3n) is 11.0. The predicted molar refractivity (Wildman–Crippen MR) is 235 cm³/mol. The fraction of sp³-hybridized carbons (Fsp3) is 0. The van der Waals surface area contributed by atoms with Crippen molar-refractivity contribution in [2.24, 2.45) is 0 Å². The quantitative estimate of drug-likeness (QED) is 0.164. The van der Waals surface area contributed by atoms with Gasteiger partial charge < -0.3 is 13.4 Å². The molecule has 4 aromatic heterocycles. The topological polar surface area (TPSA) is 57.0 Å². The zero-order valence-electron chi connectivity index (χ0n) is 30.8. The Kier molecular flexibility index (Phi) is 7.41. The molecule has 0 aliphatic carbocycles. The van der Waals surface area contributed by atoms with E-state index in [1.807, 2.05) is 78.9 Å². The Morgan fingerprint density at radius 3 is 1.95 bits per heavy atom. The van der Waals surface area contributed by atoms with Gasteiger partial charge in [-0.05, 0) is 76.9 Å². The molecular weight excluding hydrogens is 699 g/mol. The summed E-state index contributed by atoms with van der Waals surface area (Å²) in [6, 6.07) is 56.4. The second kappa shape index (κ2) is 12.9. The lowest BCUT2D eigenvalue weighted by Gasteiger charge is -2.09. The molecule has 0 saturated heterocycles. The van der Waals surface area contributed by atoms with Crippen molar-refractivity contribution in [1.29, 1.82) is 0 Å². The number of nitrogens with zero attached hydrogens (tertiary/aromatic N) is 3. The van der Waals surface area contributed by atoms with Crippen molar-refractivity contribution in [3.8, 4) is 50.6 Å². The average molecular weight is 732 g/mol. The van der Waals surface area contributed by atoms with Crippen LogP contribution in [0.25, 0.3) is 118 Å². The van der Waals surface area contributed by atoms with E-state index in [1.54, 1.807) is 0 Å². The van der Waals surface area contributed by atoms with E-state index in [4.69, 9.17) is 18.8 Å². The van der Waals surface area contributed by atoms with Gasteiger partial charge >= 0.3 is 0 Å². The van der Waals surface area contributed by atoms with Crippen molar-refractivity contribution in [3.05, 3.63) is 188 Å². The first-order valence-corrected chi connectivity index (χ1v) is 19.0. The fourth-order valence-electron chi connectivity index (χ4n) is 8.34. The Balaban J connectivity index is 1.06. The van der Waals surface area contributed by atoms with Crippen LogP contribution in [0.1, 0.15) is 11.3 Å². The zero-order valence-corrected chi connectivity index (χ0v) is 30.8. The minimum atomic E-state index is 0.640. The van der Waals surface area contributed by atoms with Gasteiger partial charge in [-0.3, -0.25) is 0 Å². The molecule has 0 unspecified atom stereocenters.